The number of hydrogen-bond donors (Lipinski definition) is 3. The van der Waals surface area contributed by atoms with E-state index in [0.717, 1.165) is 7.11 Å². The van der Waals surface area contributed by atoms with Crippen LogP contribution in [0.1, 0.15) is 10.4 Å². The third-order valence-corrected chi connectivity index (χ3v) is 1.49. The summed E-state index contributed by atoms with van der Waals surface area (Å²) in [5.74, 6) is -0.732. The van der Waals surface area contributed by atoms with Crippen molar-refractivity contribution >= 4 is 6.29 Å². The molecule has 1 rings (SSSR count). The number of hydrogen-bond acceptors (Lipinski definition) is 5. The predicted molar refractivity (Wildman–Crippen MR) is 49.9 cm³/mol. The first kappa shape index (κ1) is 12.2. The van der Waals surface area contributed by atoms with Crippen LogP contribution in [-0.4, -0.2) is 35.8 Å². The minimum Gasteiger partial charge on any atom is -0.504 e. The molecular weight excluding hydrogens is 188 g/mol. The van der Waals surface area contributed by atoms with Crippen LogP contribution in [0.5, 0.6) is 17.2 Å². The van der Waals surface area contributed by atoms with Crippen molar-refractivity contribution in [3.05, 3.63) is 17.7 Å². The van der Waals surface area contributed by atoms with E-state index in [-0.39, 0.29) is 11.3 Å². The highest BCUT2D eigenvalue weighted by atomic mass is 16.5. The van der Waals surface area contributed by atoms with E-state index in [2.05, 4.69) is 0 Å². The normalized spacial score (nSPS) is 8.50. The van der Waals surface area contributed by atoms with Crippen LogP contribution < -0.4 is 4.74 Å². The summed E-state index contributed by atoms with van der Waals surface area (Å²) in [4.78, 5) is 10.3. The number of carbonyl (C=O) groups is 1. The van der Waals surface area contributed by atoms with Gasteiger partial charge in [-0.3, -0.25) is 4.79 Å². The monoisotopic (exact) mass is 200 g/mol. The van der Waals surface area contributed by atoms with Gasteiger partial charge in [0.1, 0.15) is 0 Å². The second-order valence-electron chi connectivity index (χ2n) is 2.17. The smallest absolute Gasteiger partial charge is 0.201 e. The predicted octanol–water partition coefficient (Wildman–Crippen LogP) is 0.527. The van der Waals surface area contributed by atoms with E-state index in [4.69, 9.17) is 14.9 Å². The highest BCUT2D eigenvalue weighted by Crippen LogP contribution is 2.36. The number of aliphatic hydroxyl groups excluding tert-OH is 1. The van der Waals surface area contributed by atoms with Gasteiger partial charge in [0.25, 0.3) is 0 Å². The molecule has 0 aromatic heterocycles. The van der Waals surface area contributed by atoms with Crippen molar-refractivity contribution in [2.75, 3.05) is 14.2 Å². The van der Waals surface area contributed by atoms with Crippen molar-refractivity contribution in [1.29, 1.82) is 0 Å². The van der Waals surface area contributed by atoms with Gasteiger partial charge in [-0.2, -0.15) is 0 Å². The molecule has 78 valence electrons. The summed E-state index contributed by atoms with van der Waals surface area (Å²) in [6.45, 7) is 0. The Morgan fingerprint density at radius 1 is 1.21 bits per heavy atom. The van der Waals surface area contributed by atoms with Gasteiger partial charge in [-0.25, -0.2) is 0 Å². The molecule has 0 bridgehead atoms. The fraction of sp³-hybridized carbons (Fsp3) is 0.222. The zero-order chi connectivity index (χ0) is 11.1. The Morgan fingerprint density at radius 2 is 1.79 bits per heavy atom. The lowest BCUT2D eigenvalue weighted by molar-refractivity contribution is 0.112. The van der Waals surface area contributed by atoms with Gasteiger partial charge in [0, 0.05) is 7.11 Å². The van der Waals surface area contributed by atoms with Crippen molar-refractivity contribution in [2.24, 2.45) is 0 Å². The van der Waals surface area contributed by atoms with Crippen molar-refractivity contribution in [2.45, 2.75) is 0 Å². The van der Waals surface area contributed by atoms with Crippen LogP contribution in [0.25, 0.3) is 0 Å². The van der Waals surface area contributed by atoms with Crippen molar-refractivity contribution < 1.29 is 24.9 Å². The molecule has 0 unspecified atom stereocenters. The molecule has 0 aliphatic rings. The van der Waals surface area contributed by atoms with E-state index in [1.165, 1.54) is 19.2 Å². The molecule has 3 N–H and O–H groups in total. The third kappa shape index (κ3) is 2.37. The molecule has 1 aromatic rings. The van der Waals surface area contributed by atoms with Crippen LogP contribution in [0.4, 0.5) is 0 Å². The number of benzene rings is 1. The van der Waals surface area contributed by atoms with Gasteiger partial charge in [0.15, 0.2) is 17.8 Å². The number of methoxy groups -OCH3 is 1. The number of phenolic OH excluding ortho intramolecular Hbond substituents is 2. The van der Waals surface area contributed by atoms with Crippen LogP contribution in [0.15, 0.2) is 12.1 Å². The minimum atomic E-state index is -0.454. The van der Waals surface area contributed by atoms with Crippen molar-refractivity contribution in [3.8, 4) is 17.2 Å². The van der Waals surface area contributed by atoms with Crippen LogP contribution in [0.2, 0.25) is 0 Å². The lowest BCUT2D eigenvalue weighted by Crippen LogP contribution is -1.87. The average Bonchev–Trinajstić information content (AvgIpc) is 2.25. The number of aromatic hydroxyl groups is 2. The molecule has 5 heteroatoms. The van der Waals surface area contributed by atoms with Crippen LogP contribution in [0.3, 0.4) is 0 Å². The highest BCUT2D eigenvalue weighted by Gasteiger charge is 2.10. The van der Waals surface area contributed by atoms with E-state index < -0.39 is 11.5 Å². The molecule has 0 saturated carbocycles. The number of ether oxygens (including phenoxy) is 1. The van der Waals surface area contributed by atoms with Gasteiger partial charge >= 0.3 is 0 Å². The minimum absolute atomic E-state index is 0.0355. The second kappa shape index (κ2) is 5.82. The van der Waals surface area contributed by atoms with E-state index in [1.54, 1.807) is 0 Å². The SMILES string of the molecule is CO.COc1ccc(C=O)c(O)c1O. The van der Waals surface area contributed by atoms with E-state index >= 15 is 0 Å². The van der Waals surface area contributed by atoms with Crippen LogP contribution in [0, 0.1) is 0 Å². The molecular formula is C9H12O5. The molecule has 5 nitrogen and oxygen atoms in total. The molecule has 0 heterocycles. The number of aliphatic hydroxyl groups is 1. The summed E-state index contributed by atoms with van der Waals surface area (Å²) in [5, 5.41) is 25.3. The Balaban J connectivity index is 0.000000791. The maximum absolute atomic E-state index is 10.3. The molecule has 1 aromatic carbocycles. The van der Waals surface area contributed by atoms with Crippen LogP contribution in [-0.2, 0) is 0 Å². The summed E-state index contributed by atoms with van der Waals surface area (Å²) in [5.41, 5.74) is 0.0355. The summed E-state index contributed by atoms with van der Waals surface area (Å²) < 4.78 is 4.70. The Kier molecular flexibility index (Phi) is 5.09. The Hall–Kier alpha value is -1.75. The maximum Gasteiger partial charge on any atom is 0.201 e. The number of aldehydes is 1. The molecule has 0 radical (unpaired) electrons. The molecule has 0 atom stereocenters. The molecule has 0 spiro atoms. The third-order valence-electron chi connectivity index (χ3n) is 1.49. The standard InChI is InChI=1S/C8H8O4.CH4O/c1-12-6-3-2-5(4-9)7(10)8(6)11;1-2/h2-4,10-11H,1H3;2H,1H3. The lowest BCUT2D eigenvalue weighted by Gasteiger charge is -2.05. The van der Waals surface area contributed by atoms with Gasteiger partial charge in [-0.15, -0.1) is 0 Å². The van der Waals surface area contributed by atoms with Gasteiger partial charge in [0.2, 0.25) is 5.75 Å². The van der Waals surface area contributed by atoms with E-state index in [1.807, 2.05) is 0 Å². The average molecular weight is 200 g/mol. The molecule has 0 fully saturated rings. The summed E-state index contributed by atoms with van der Waals surface area (Å²) in [6, 6.07) is 2.76. The van der Waals surface area contributed by atoms with Crippen molar-refractivity contribution in [1.82, 2.24) is 0 Å². The zero-order valence-corrected chi connectivity index (χ0v) is 7.89. The number of phenols is 2. The zero-order valence-electron chi connectivity index (χ0n) is 7.89. The highest BCUT2D eigenvalue weighted by molar-refractivity contribution is 5.81. The Labute approximate surface area is 81.2 Å². The summed E-state index contributed by atoms with van der Waals surface area (Å²) in [7, 11) is 2.36. The number of rotatable bonds is 2. The first-order valence-corrected chi connectivity index (χ1v) is 3.69. The van der Waals surface area contributed by atoms with Gasteiger partial charge in [-0.05, 0) is 12.1 Å². The quantitative estimate of drug-likeness (QED) is 0.478. The molecule has 0 aliphatic carbocycles. The molecule has 0 aliphatic heterocycles. The largest absolute Gasteiger partial charge is 0.504 e. The maximum atomic E-state index is 10.3. The van der Waals surface area contributed by atoms with Crippen molar-refractivity contribution in [3.63, 3.8) is 0 Å². The van der Waals surface area contributed by atoms with Gasteiger partial charge < -0.3 is 20.1 Å². The number of carbonyl (C=O) groups excluding carboxylic acids is 1. The van der Waals surface area contributed by atoms with Gasteiger partial charge in [-0.1, -0.05) is 0 Å². The summed E-state index contributed by atoms with van der Waals surface area (Å²) >= 11 is 0. The van der Waals surface area contributed by atoms with E-state index in [9.17, 15) is 9.90 Å². The van der Waals surface area contributed by atoms with E-state index in [0.29, 0.717) is 6.29 Å². The molecule has 14 heavy (non-hydrogen) atoms. The fourth-order valence-electron chi connectivity index (χ4n) is 0.837. The second-order valence-corrected chi connectivity index (χ2v) is 2.17. The summed E-state index contributed by atoms with van der Waals surface area (Å²) in [6.07, 6.45) is 0.453. The first-order valence-electron chi connectivity index (χ1n) is 3.69. The molecule has 0 saturated heterocycles. The van der Waals surface area contributed by atoms with Gasteiger partial charge in [0.05, 0.1) is 12.7 Å². The Morgan fingerprint density at radius 3 is 2.21 bits per heavy atom. The molecule has 0 amide bonds. The van der Waals surface area contributed by atoms with Crippen LogP contribution >= 0.6 is 0 Å². The first-order chi connectivity index (χ1) is 6.70. The lowest BCUT2D eigenvalue weighted by atomic mass is 10.2. The topological polar surface area (TPSA) is 87.0 Å². The fourth-order valence-corrected chi connectivity index (χ4v) is 0.837. The Bertz CT molecular complexity index is 308.